The molecule has 0 spiro atoms. The van der Waals surface area contributed by atoms with Crippen molar-refractivity contribution in [3.05, 3.63) is 170 Å². The van der Waals surface area contributed by atoms with E-state index in [0.717, 1.165) is 55.6 Å². The molecule has 0 aliphatic heterocycles. The standard InChI is InChI=1S/C46H28N4O/c1-3-14-29(15-4-1)44-43-35-22-9-12-25-42(35)51-46(43)48-45(47-44)30-16-13-19-32(26-30)50-39-24-11-8-21-34(39)37-27-40-36(28-41(37)50)33-20-7-10-23-38(33)49(40)31-17-5-2-6-18-31/h1-28H. The second-order valence-electron chi connectivity index (χ2n) is 13.0. The molecule has 51 heavy (non-hydrogen) atoms. The Labute approximate surface area is 292 Å². The van der Waals surface area contributed by atoms with Crippen molar-refractivity contribution < 1.29 is 4.42 Å². The summed E-state index contributed by atoms with van der Waals surface area (Å²) < 4.78 is 11.1. The van der Waals surface area contributed by atoms with Crippen LogP contribution in [-0.4, -0.2) is 19.1 Å². The molecule has 5 heteroatoms. The Bertz CT molecular complexity index is 3130. The number of fused-ring (bicyclic) bond motifs is 9. The Hall–Kier alpha value is -6.98. The van der Waals surface area contributed by atoms with Crippen LogP contribution in [0.15, 0.2) is 174 Å². The van der Waals surface area contributed by atoms with Crippen molar-refractivity contribution in [3.8, 4) is 34.0 Å². The van der Waals surface area contributed by atoms with E-state index < -0.39 is 0 Å². The number of nitrogens with zero attached hydrogens (tertiary/aromatic N) is 4. The van der Waals surface area contributed by atoms with E-state index in [1.807, 2.05) is 36.4 Å². The summed E-state index contributed by atoms with van der Waals surface area (Å²) in [5, 5.41) is 6.79. The number of hydrogen-bond acceptors (Lipinski definition) is 3. The summed E-state index contributed by atoms with van der Waals surface area (Å²) in [6, 6.07) is 59.7. The first-order valence-corrected chi connectivity index (χ1v) is 17.2. The molecule has 0 bridgehead atoms. The van der Waals surface area contributed by atoms with Gasteiger partial charge >= 0.3 is 0 Å². The third kappa shape index (κ3) is 4.15. The minimum Gasteiger partial charge on any atom is -0.438 e. The number of para-hydroxylation sites is 4. The highest BCUT2D eigenvalue weighted by Gasteiger charge is 2.21. The van der Waals surface area contributed by atoms with Gasteiger partial charge in [-0.05, 0) is 54.6 Å². The molecule has 4 aromatic heterocycles. The van der Waals surface area contributed by atoms with Crippen LogP contribution in [0.4, 0.5) is 0 Å². The van der Waals surface area contributed by atoms with Crippen LogP contribution in [0.1, 0.15) is 0 Å². The molecule has 0 atom stereocenters. The minimum atomic E-state index is 0.583. The molecular formula is C46H28N4O. The second kappa shape index (κ2) is 10.8. The van der Waals surface area contributed by atoms with E-state index in [9.17, 15) is 0 Å². The SMILES string of the molecule is c1ccc(-c2nc(-c3cccc(-n4c5ccccc5c5cc6c(cc54)c4ccccc4n6-c4ccccc4)c3)nc3oc4ccccc4c23)cc1. The lowest BCUT2D eigenvalue weighted by Gasteiger charge is -2.11. The molecule has 0 radical (unpaired) electrons. The van der Waals surface area contributed by atoms with E-state index in [1.165, 1.54) is 32.6 Å². The number of aromatic nitrogens is 4. The molecule has 0 saturated heterocycles. The molecule has 11 aromatic rings. The molecule has 0 saturated carbocycles. The Morgan fingerprint density at radius 1 is 0.392 bits per heavy atom. The molecule has 0 amide bonds. The molecule has 238 valence electrons. The summed E-state index contributed by atoms with van der Waals surface area (Å²) in [5.41, 5.74) is 11.0. The van der Waals surface area contributed by atoms with Crippen LogP contribution >= 0.6 is 0 Å². The first-order valence-electron chi connectivity index (χ1n) is 17.2. The fraction of sp³-hybridized carbons (Fsp3) is 0. The van der Waals surface area contributed by atoms with Crippen molar-refractivity contribution in [1.82, 2.24) is 19.1 Å². The van der Waals surface area contributed by atoms with Crippen molar-refractivity contribution in [2.45, 2.75) is 0 Å². The van der Waals surface area contributed by atoms with Gasteiger partial charge in [-0.3, -0.25) is 0 Å². The predicted octanol–water partition coefficient (Wildman–Crippen LogP) is 11.9. The van der Waals surface area contributed by atoms with Crippen molar-refractivity contribution in [2.24, 2.45) is 0 Å². The van der Waals surface area contributed by atoms with Gasteiger partial charge in [-0.1, -0.05) is 115 Å². The third-order valence-corrected chi connectivity index (χ3v) is 10.1. The fourth-order valence-corrected chi connectivity index (χ4v) is 7.91. The van der Waals surface area contributed by atoms with E-state index in [-0.39, 0.29) is 0 Å². The molecule has 11 rings (SSSR count). The maximum Gasteiger partial charge on any atom is 0.231 e. The van der Waals surface area contributed by atoms with Gasteiger partial charge in [-0.25, -0.2) is 4.98 Å². The molecule has 5 nitrogen and oxygen atoms in total. The Morgan fingerprint density at radius 3 is 1.65 bits per heavy atom. The van der Waals surface area contributed by atoms with Gasteiger partial charge in [0.15, 0.2) is 5.82 Å². The molecule has 7 aromatic carbocycles. The van der Waals surface area contributed by atoms with Crippen molar-refractivity contribution in [2.75, 3.05) is 0 Å². The zero-order valence-electron chi connectivity index (χ0n) is 27.4. The number of rotatable bonds is 4. The Balaban J connectivity index is 1.17. The van der Waals surface area contributed by atoms with E-state index in [1.54, 1.807) is 0 Å². The number of furan rings is 1. The molecule has 0 aliphatic rings. The summed E-state index contributed by atoms with van der Waals surface area (Å²) in [5.74, 6) is 0.622. The van der Waals surface area contributed by atoms with E-state index in [2.05, 4.69) is 143 Å². The van der Waals surface area contributed by atoms with Gasteiger partial charge in [0.05, 0.1) is 33.1 Å². The molecular weight excluding hydrogens is 625 g/mol. The Morgan fingerprint density at radius 2 is 0.941 bits per heavy atom. The lowest BCUT2D eigenvalue weighted by molar-refractivity contribution is 0.653. The highest BCUT2D eigenvalue weighted by Crippen LogP contribution is 2.41. The monoisotopic (exact) mass is 652 g/mol. The molecule has 0 unspecified atom stereocenters. The van der Waals surface area contributed by atoms with Gasteiger partial charge in [0.1, 0.15) is 5.58 Å². The first-order chi connectivity index (χ1) is 25.3. The van der Waals surface area contributed by atoms with Crippen LogP contribution in [0.2, 0.25) is 0 Å². The maximum absolute atomic E-state index is 6.35. The Kier molecular flexibility index (Phi) is 5.89. The zero-order chi connectivity index (χ0) is 33.5. The smallest absolute Gasteiger partial charge is 0.231 e. The summed E-state index contributed by atoms with van der Waals surface area (Å²) in [6.07, 6.45) is 0. The highest BCUT2D eigenvalue weighted by atomic mass is 16.3. The molecule has 0 aliphatic carbocycles. The summed E-state index contributed by atoms with van der Waals surface area (Å²) in [6.45, 7) is 0. The fourth-order valence-electron chi connectivity index (χ4n) is 7.91. The maximum atomic E-state index is 6.35. The van der Waals surface area contributed by atoms with Gasteiger partial charge in [-0.15, -0.1) is 0 Å². The summed E-state index contributed by atoms with van der Waals surface area (Å²) in [7, 11) is 0. The van der Waals surface area contributed by atoms with Crippen LogP contribution in [0, 0.1) is 0 Å². The van der Waals surface area contributed by atoms with Crippen molar-refractivity contribution in [3.63, 3.8) is 0 Å². The van der Waals surface area contributed by atoms with Crippen molar-refractivity contribution in [1.29, 1.82) is 0 Å². The minimum absolute atomic E-state index is 0.583. The van der Waals surface area contributed by atoms with Crippen LogP contribution < -0.4 is 0 Å². The van der Waals surface area contributed by atoms with E-state index in [0.29, 0.717) is 11.5 Å². The molecule has 4 heterocycles. The van der Waals surface area contributed by atoms with Crippen LogP contribution in [0.3, 0.4) is 0 Å². The van der Waals surface area contributed by atoms with E-state index >= 15 is 0 Å². The predicted molar refractivity (Wildman–Crippen MR) is 209 cm³/mol. The first kappa shape index (κ1) is 27.9. The van der Waals surface area contributed by atoms with Crippen LogP contribution in [0.5, 0.6) is 0 Å². The second-order valence-corrected chi connectivity index (χ2v) is 13.0. The lowest BCUT2D eigenvalue weighted by Crippen LogP contribution is -1.97. The normalized spacial score (nSPS) is 11.9. The topological polar surface area (TPSA) is 48.8 Å². The highest BCUT2D eigenvalue weighted by molar-refractivity contribution is 6.19. The third-order valence-electron chi connectivity index (χ3n) is 10.1. The van der Waals surface area contributed by atoms with Gasteiger partial charge in [-0.2, -0.15) is 4.98 Å². The average Bonchev–Trinajstić information content (AvgIpc) is 3.85. The lowest BCUT2D eigenvalue weighted by atomic mass is 10.1. The number of benzene rings is 7. The van der Waals surface area contributed by atoms with Crippen molar-refractivity contribution >= 4 is 65.7 Å². The quantitative estimate of drug-likeness (QED) is 0.190. The average molecular weight is 653 g/mol. The van der Waals surface area contributed by atoms with E-state index in [4.69, 9.17) is 14.4 Å². The van der Waals surface area contributed by atoms with Gasteiger partial charge in [0.25, 0.3) is 0 Å². The number of hydrogen-bond donors (Lipinski definition) is 0. The van der Waals surface area contributed by atoms with Gasteiger partial charge in [0.2, 0.25) is 5.71 Å². The zero-order valence-corrected chi connectivity index (χ0v) is 27.4. The van der Waals surface area contributed by atoms with Crippen LogP contribution in [-0.2, 0) is 0 Å². The summed E-state index contributed by atoms with van der Waals surface area (Å²) >= 11 is 0. The molecule has 0 fully saturated rings. The largest absolute Gasteiger partial charge is 0.438 e. The van der Waals surface area contributed by atoms with Crippen LogP contribution in [0.25, 0.3) is 99.7 Å². The van der Waals surface area contributed by atoms with Gasteiger partial charge in [0, 0.05) is 49.4 Å². The van der Waals surface area contributed by atoms with Gasteiger partial charge < -0.3 is 13.6 Å². The summed E-state index contributed by atoms with van der Waals surface area (Å²) in [4.78, 5) is 10.3. The molecule has 0 N–H and O–H groups in total.